The Hall–Kier alpha value is -3.40. The van der Waals surface area contributed by atoms with E-state index in [2.05, 4.69) is 64.2 Å². The second-order valence-electron chi connectivity index (χ2n) is 24.2. The summed E-state index contributed by atoms with van der Waals surface area (Å²) < 4.78 is 32.3. The van der Waals surface area contributed by atoms with Gasteiger partial charge >= 0.3 is 11.9 Å². The molecule has 5 saturated heterocycles. The number of aliphatic hydroxyl groups excluding tert-OH is 1. The van der Waals surface area contributed by atoms with Crippen LogP contribution in [0, 0.1) is 22.7 Å². The first-order valence-corrected chi connectivity index (χ1v) is 27.2. The van der Waals surface area contributed by atoms with E-state index in [4.69, 9.17) is 28.5 Å². The van der Waals surface area contributed by atoms with E-state index in [0.717, 1.165) is 68.9 Å². The molecule has 3 aliphatic carbocycles. The average Bonchev–Trinajstić information content (AvgIpc) is 3.68. The summed E-state index contributed by atoms with van der Waals surface area (Å²) in [6.07, 6.45) is 13.9. The lowest BCUT2D eigenvalue weighted by Crippen LogP contribution is -2.70. The Morgan fingerprint density at radius 3 is 2.41 bits per heavy atom. The molecule has 2 N–H and O–H groups in total. The number of hydrogen-bond donors (Lipinski definition) is 2. The maximum Gasteiger partial charge on any atom is 0.327 e. The zero-order valence-corrected chi connectivity index (χ0v) is 43.4. The number of likely N-dealkylation sites (tertiary alicyclic amines) is 1. The maximum atomic E-state index is 15.8. The summed E-state index contributed by atoms with van der Waals surface area (Å²) in [5.74, 6) is -1.46. The summed E-state index contributed by atoms with van der Waals surface area (Å²) in [5, 5.41) is 14.9. The standard InChI is InChI=1S/C56H83N3O11/c1-9-11-13-25-55(26-14-12-10-2)68-45-42-32-56(51(64)58-28-16-19-41(58)49(62)57-38(34-60)21-23-44(61)67-52(3,4)5)47(50(63)65-42)59(70-48(56)46(45)69-55)33-36-18-15-17-35(29-36)30-37-20-22-43-54(8,66-43)27-24-40-39(37)31-53(40,6)7/h15,17-18,29-30,38-43,45-48,60H,9-14,16,19-28,31-34H2,1-8H3,(H,57,62). The molecule has 0 aromatic heterocycles. The third kappa shape index (κ3) is 10.1. The lowest BCUT2D eigenvalue weighted by Gasteiger charge is -2.53. The number of allylic oxidation sites excluding steroid dienone is 1. The molecule has 14 heteroatoms. The maximum absolute atomic E-state index is 15.8. The van der Waals surface area contributed by atoms with Gasteiger partial charge in [-0.15, -0.1) is 0 Å². The molecular formula is C56H83N3O11. The molecule has 12 atom stereocenters. The minimum absolute atomic E-state index is 0.00828. The second-order valence-corrected chi connectivity index (χ2v) is 24.2. The topological polar surface area (TPSA) is 166 Å². The minimum atomic E-state index is -1.44. The van der Waals surface area contributed by atoms with Gasteiger partial charge in [-0.25, -0.2) is 0 Å². The smallest absolute Gasteiger partial charge is 0.327 e. The van der Waals surface area contributed by atoms with Gasteiger partial charge < -0.3 is 39.0 Å². The van der Waals surface area contributed by atoms with E-state index in [0.29, 0.717) is 55.6 Å². The number of nitrogens with zero attached hydrogens (tertiary/aromatic N) is 2. The SMILES string of the molecule is CCCCCC1(CCCCC)OC2C3CC4(C(=O)N5CCCC5C(=O)NC(CO)CCC(=O)OC(C)(C)C)C(ON(Cc5cccc(C=C6CCC7OC7(C)CCC7C6CC7(C)C)c5)C4C(=O)O3)C2O1. The number of hydroxylamine groups is 2. The summed E-state index contributed by atoms with van der Waals surface area (Å²) in [7, 11) is 0. The van der Waals surface area contributed by atoms with Crippen LogP contribution in [0.15, 0.2) is 29.8 Å². The van der Waals surface area contributed by atoms with Gasteiger partial charge in [0.25, 0.3) is 0 Å². The van der Waals surface area contributed by atoms with Gasteiger partial charge in [0.15, 0.2) is 11.8 Å². The molecule has 70 heavy (non-hydrogen) atoms. The number of hydrogen-bond acceptors (Lipinski definition) is 12. The highest BCUT2D eigenvalue weighted by Gasteiger charge is 2.77. The predicted molar refractivity (Wildman–Crippen MR) is 262 cm³/mol. The van der Waals surface area contributed by atoms with Gasteiger partial charge in [-0.05, 0) is 120 Å². The Morgan fingerprint density at radius 2 is 1.71 bits per heavy atom. The van der Waals surface area contributed by atoms with Gasteiger partial charge in [0.05, 0.1) is 30.9 Å². The largest absolute Gasteiger partial charge is 0.460 e. The van der Waals surface area contributed by atoms with E-state index in [1.54, 1.807) is 30.7 Å². The van der Waals surface area contributed by atoms with Crippen LogP contribution in [0.25, 0.3) is 6.08 Å². The normalized spacial score (nSPS) is 35.8. The van der Waals surface area contributed by atoms with E-state index in [-0.39, 0.29) is 43.9 Å². The summed E-state index contributed by atoms with van der Waals surface area (Å²) in [5.41, 5.74) is 1.72. The van der Waals surface area contributed by atoms with Crippen molar-refractivity contribution in [1.29, 1.82) is 0 Å². The molecule has 0 spiro atoms. The first-order chi connectivity index (χ1) is 33.3. The zero-order chi connectivity index (χ0) is 49.8. The van der Waals surface area contributed by atoms with Crippen LogP contribution in [-0.4, -0.2) is 118 Å². The molecule has 8 fully saturated rings. The van der Waals surface area contributed by atoms with Crippen molar-refractivity contribution in [3.05, 3.63) is 41.0 Å². The Bertz CT molecular complexity index is 2130. The van der Waals surface area contributed by atoms with Crippen molar-refractivity contribution in [2.75, 3.05) is 13.2 Å². The van der Waals surface area contributed by atoms with Gasteiger partial charge in [-0.1, -0.05) is 89.3 Å². The lowest BCUT2D eigenvalue weighted by atomic mass is 9.52. The van der Waals surface area contributed by atoms with Gasteiger partial charge in [-0.2, -0.15) is 5.06 Å². The van der Waals surface area contributed by atoms with Crippen molar-refractivity contribution in [1.82, 2.24) is 15.3 Å². The highest BCUT2D eigenvalue weighted by molar-refractivity contribution is 5.96. The molecule has 8 aliphatic rings. The third-order valence-electron chi connectivity index (χ3n) is 17.5. The number of esters is 2. The summed E-state index contributed by atoms with van der Waals surface area (Å²) in [6, 6.07) is 5.76. The minimum Gasteiger partial charge on any atom is -0.460 e. The average molecular weight is 974 g/mol. The number of unbranched alkanes of at least 4 members (excludes halogenated alkanes) is 4. The van der Waals surface area contributed by atoms with Crippen molar-refractivity contribution in [3.8, 4) is 0 Å². The number of fused-ring (bicyclic) bond motifs is 6. The summed E-state index contributed by atoms with van der Waals surface area (Å²) in [4.78, 5) is 66.1. The number of carbonyl (C=O) groups is 4. The van der Waals surface area contributed by atoms with Crippen LogP contribution in [0.3, 0.4) is 0 Å². The lowest BCUT2D eigenvalue weighted by molar-refractivity contribution is -0.225. The van der Waals surface area contributed by atoms with E-state index in [9.17, 15) is 19.5 Å². The Labute approximate surface area is 416 Å². The van der Waals surface area contributed by atoms with Crippen LogP contribution < -0.4 is 5.32 Å². The molecule has 12 unspecified atom stereocenters. The first-order valence-electron chi connectivity index (χ1n) is 27.2. The van der Waals surface area contributed by atoms with E-state index in [1.165, 1.54) is 18.4 Å². The third-order valence-corrected chi connectivity index (χ3v) is 17.5. The van der Waals surface area contributed by atoms with Crippen LogP contribution in [0.1, 0.15) is 182 Å². The van der Waals surface area contributed by atoms with Crippen LogP contribution >= 0.6 is 0 Å². The molecule has 5 heterocycles. The summed E-state index contributed by atoms with van der Waals surface area (Å²) in [6.45, 7) is 17.0. The Balaban J connectivity index is 1.01. The molecular weight excluding hydrogens is 891 g/mol. The van der Waals surface area contributed by atoms with Gasteiger partial charge in [0.1, 0.15) is 41.5 Å². The molecule has 0 radical (unpaired) electrons. The predicted octanol–water partition coefficient (Wildman–Crippen LogP) is 8.49. The van der Waals surface area contributed by atoms with Gasteiger partial charge in [-0.3, -0.25) is 24.0 Å². The molecule has 9 rings (SSSR count). The molecule has 1 aromatic carbocycles. The summed E-state index contributed by atoms with van der Waals surface area (Å²) >= 11 is 0. The molecule has 2 amide bonds. The second kappa shape index (κ2) is 20.1. The number of ether oxygens (including phenoxy) is 5. The molecule has 2 bridgehead atoms. The Morgan fingerprint density at radius 1 is 0.971 bits per heavy atom. The molecule has 3 saturated carbocycles. The number of epoxide rings is 1. The number of rotatable bonds is 18. The Kier molecular flexibility index (Phi) is 14.8. The quantitative estimate of drug-likeness (QED) is 0.0820. The first kappa shape index (κ1) is 51.5. The van der Waals surface area contributed by atoms with E-state index in [1.807, 2.05) is 6.07 Å². The number of aliphatic hydroxyl groups is 1. The van der Waals surface area contributed by atoms with Crippen molar-refractivity contribution in [2.24, 2.45) is 22.7 Å². The number of nitrogens with one attached hydrogen (secondary N) is 1. The van der Waals surface area contributed by atoms with Crippen LogP contribution in [-0.2, 0) is 54.2 Å². The number of carbonyl (C=O) groups excluding carboxylic acids is 4. The zero-order valence-electron chi connectivity index (χ0n) is 43.4. The van der Waals surface area contributed by atoms with Gasteiger partial charge in [0.2, 0.25) is 11.8 Å². The number of amides is 2. The number of benzene rings is 1. The molecule has 14 nitrogen and oxygen atoms in total. The fraction of sp³-hybridized carbons (Fsp3) is 0.786. The monoisotopic (exact) mass is 974 g/mol. The van der Waals surface area contributed by atoms with Crippen LogP contribution in [0.4, 0.5) is 0 Å². The molecule has 5 aliphatic heterocycles. The van der Waals surface area contributed by atoms with Crippen LogP contribution in [0.5, 0.6) is 0 Å². The highest BCUT2D eigenvalue weighted by atomic mass is 16.8. The van der Waals surface area contributed by atoms with E-state index < -0.39 is 77.2 Å². The van der Waals surface area contributed by atoms with Crippen molar-refractivity contribution < 1.29 is 52.8 Å². The van der Waals surface area contributed by atoms with E-state index >= 15 is 4.79 Å². The van der Waals surface area contributed by atoms with Gasteiger partial charge in [0, 0.05) is 32.2 Å². The molecule has 388 valence electrons. The van der Waals surface area contributed by atoms with Crippen molar-refractivity contribution >= 4 is 29.8 Å². The highest BCUT2D eigenvalue weighted by Crippen LogP contribution is 2.61. The fourth-order valence-corrected chi connectivity index (χ4v) is 13.8. The fourth-order valence-electron chi connectivity index (χ4n) is 13.8. The molecule has 1 aromatic rings. The van der Waals surface area contributed by atoms with Crippen LogP contribution in [0.2, 0.25) is 0 Å². The van der Waals surface area contributed by atoms with Crippen molar-refractivity contribution in [2.45, 2.75) is 243 Å². The van der Waals surface area contributed by atoms with Crippen molar-refractivity contribution in [3.63, 3.8) is 0 Å².